The van der Waals surface area contributed by atoms with Crippen LogP contribution in [0.4, 0.5) is 8.78 Å². The van der Waals surface area contributed by atoms with Gasteiger partial charge in [0, 0.05) is 42.0 Å². The normalized spacial score (nSPS) is 21.0. The molecule has 1 aromatic carbocycles. The molecule has 4 aromatic rings. The summed E-state index contributed by atoms with van der Waals surface area (Å²) in [5, 5.41) is 9.64. The molecular weight excluding hydrogens is 438 g/mol. The van der Waals surface area contributed by atoms with Gasteiger partial charge in [-0.05, 0) is 51.7 Å². The summed E-state index contributed by atoms with van der Waals surface area (Å²) in [4.78, 5) is 9.73. The van der Waals surface area contributed by atoms with Gasteiger partial charge >= 0.3 is 0 Å². The summed E-state index contributed by atoms with van der Waals surface area (Å²) in [6.07, 6.45) is 9.38. The molecule has 1 aliphatic heterocycles. The fraction of sp³-hybridized carbons (Fsp3) is 0.440. The molecule has 0 radical (unpaired) electrons. The number of hydrogen-bond acceptors (Lipinski definition) is 5. The minimum atomic E-state index is -0.652. The van der Waals surface area contributed by atoms with E-state index in [0.29, 0.717) is 41.6 Å². The maximum Gasteiger partial charge on any atom is 0.162 e. The van der Waals surface area contributed by atoms with E-state index in [2.05, 4.69) is 16.4 Å². The average Bonchev–Trinajstić information content (AvgIpc) is 3.38. The highest BCUT2D eigenvalue weighted by Crippen LogP contribution is 2.40. The van der Waals surface area contributed by atoms with E-state index in [9.17, 15) is 8.78 Å². The second kappa shape index (κ2) is 8.23. The van der Waals surface area contributed by atoms with Crippen LogP contribution in [-0.4, -0.2) is 36.1 Å². The second-order valence-electron chi connectivity index (χ2n) is 9.54. The Morgan fingerprint density at radius 1 is 1.06 bits per heavy atom. The Morgan fingerprint density at radius 3 is 2.68 bits per heavy atom. The smallest absolute Gasteiger partial charge is 0.162 e. The van der Waals surface area contributed by atoms with E-state index in [0.717, 1.165) is 18.1 Å². The summed E-state index contributed by atoms with van der Waals surface area (Å²) in [6, 6.07) is 4.16. The topological polar surface area (TPSA) is 70.7 Å². The molecule has 1 saturated carbocycles. The molecule has 0 amide bonds. The van der Waals surface area contributed by atoms with Crippen molar-refractivity contribution in [1.82, 2.24) is 29.5 Å². The van der Waals surface area contributed by atoms with Gasteiger partial charge in [-0.3, -0.25) is 4.68 Å². The van der Waals surface area contributed by atoms with Gasteiger partial charge in [-0.15, -0.1) is 0 Å². The molecule has 0 spiro atoms. The molecule has 1 aliphatic carbocycles. The SMILES string of the molecule is CC(C)n1ncc2c(-c3ccc(F)cc3F)nc([C@@H]3CCO[C@H](c4cnn(C5CC5)c4)C3)nc21. The van der Waals surface area contributed by atoms with E-state index in [4.69, 9.17) is 14.7 Å². The molecule has 2 aliphatic rings. The van der Waals surface area contributed by atoms with Gasteiger partial charge in [0.2, 0.25) is 0 Å². The fourth-order valence-electron chi connectivity index (χ4n) is 4.71. The highest BCUT2D eigenvalue weighted by atomic mass is 19.1. The van der Waals surface area contributed by atoms with E-state index in [1.165, 1.54) is 25.0 Å². The van der Waals surface area contributed by atoms with Crippen molar-refractivity contribution < 1.29 is 13.5 Å². The average molecular weight is 465 g/mol. The third-order valence-electron chi connectivity index (χ3n) is 6.71. The summed E-state index contributed by atoms with van der Waals surface area (Å²) in [7, 11) is 0. The predicted octanol–water partition coefficient (Wildman–Crippen LogP) is 5.52. The molecule has 4 heterocycles. The zero-order valence-corrected chi connectivity index (χ0v) is 19.2. The Bertz CT molecular complexity index is 1360. The fourth-order valence-corrected chi connectivity index (χ4v) is 4.71. The van der Waals surface area contributed by atoms with Crippen molar-refractivity contribution in [1.29, 1.82) is 0 Å². The first-order valence-electron chi connectivity index (χ1n) is 11.8. The van der Waals surface area contributed by atoms with Crippen LogP contribution >= 0.6 is 0 Å². The van der Waals surface area contributed by atoms with Gasteiger partial charge in [0.05, 0.1) is 35.6 Å². The highest BCUT2D eigenvalue weighted by Gasteiger charge is 2.31. The Balaban J connectivity index is 1.41. The number of benzene rings is 1. The monoisotopic (exact) mass is 464 g/mol. The van der Waals surface area contributed by atoms with Crippen molar-refractivity contribution >= 4 is 11.0 Å². The van der Waals surface area contributed by atoms with Gasteiger partial charge in [0.1, 0.15) is 17.5 Å². The van der Waals surface area contributed by atoms with E-state index in [1.807, 2.05) is 29.4 Å². The van der Waals surface area contributed by atoms with Crippen molar-refractivity contribution in [2.24, 2.45) is 0 Å². The van der Waals surface area contributed by atoms with Crippen LogP contribution in [0.5, 0.6) is 0 Å². The van der Waals surface area contributed by atoms with E-state index >= 15 is 0 Å². The molecule has 0 N–H and O–H groups in total. The molecular formula is C25H26F2N6O. The van der Waals surface area contributed by atoms with Gasteiger partial charge in [-0.1, -0.05) is 0 Å². The number of hydrogen-bond donors (Lipinski definition) is 0. The highest BCUT2D eigenvalue weighted by molar-refractivity contribution is 5.90. The number of rotatable bonds is 5. The molecule has 6 rings (SSSR count). The molecule has 7 nitrogen and oxygen atoms in total. The van der Waals surface area contributed by atoms with E-state index < -0.39 is 11.6 Å². The zero-order valence-electron chi connectivity index (χ0n) is 19.2. The molecule has 9 heteroatoms. The van der Waals surface area contributed by atoms with Crippen molar-refractivity contribution in [3.8, 4) is 11.3 Å². The number of nitrogens with zero attached hydrogens (tertiary/aromatic N) is 6. The summed E-state index contributed by atoms with van der Waals surface area (Å²) in [5.74, 6) is -0.606. The summed E-state index contributed by atoms with van der Waals surface area (Å²) < 4.78 is 38.3. The first kappa shape index (κ1) is 21.3. The van der Waals surface area contributed by atoms with Crippen LogP contribution < -0.4 is 0 Å². The summed E-state index contributed by atoms with van der Waals surface area (Å²) >= 11 is 0. The third kappa shape index (κ3) is 3.77. The van der Waals surface area contributed by atoms with Crippen molar-refractivity contribution in [2.45, 2.75) is 63.6 Å². The third-order valence-corrected chi connectivity index (χ3v) is 6.71. The number of fused-ring (bicyclic) bond motifs is 1. The van der Waals surface area contributed by atoms with Crippen LogP contribution in [0.2, 0.25) is 0 Å². The van der Waals surface area contributed by atoms with Gasteiger partial charge in [0.25, 0.3) is 0 Å². The number of halogens is 2. The molecule has 1 saturated heterocycles. The first-order chi connectivity index (χ1) is 16.5. The lowest BCUT2D eigenvalue weighted by atomic mass is 9.92. The van der Waals surface area contributed by atoms with E-state index in [1.54, 1.807) is 6.20 Å². The predicted molar refractivity (Wildman–Crippen MR) is 122 cm³/mol. The molecule has 34 heavy (non-hydrogen) atoms. The summed E-state index contributed by atoms with van der Waals surface area (Å²) in [5.41, 5.74) is 2.40. The first-order valence-corrected chi connectivity index (χ1v) is 11.8. The molecule has 176 valence electrons. The quantitative estimate of drug-likeness (QED) is 0.389. The largest absolute Gasteiger partial charge is 0.373 e. The van der Waals surface area contributed by atoms with Crippen molar-refractivity contribution in [2.75, 3.05) is 6.61 Å². The Labute approximate surface area is 195 Å². The number of aromatic nitrogens is 6. The van der Waals surface area contributed by atoms with Gasteiger partial charge in [-0.2, -0.15) is 10.2 Å². The summed E-state index contributed by atoms with van der Waals surface area (Å²) in [6.45, 7) is 4.62. The van der Waals surface area contributed by atoms with E-state index in [-0.39, 0.29) is 23.6 Å². The molecule has 0 unspecified atom stereocenters. The molecule has 0 bridgehead atoms. The molecule has 3 aromatic heterocycles. The van der Waals surface area contributed by atoms with Crippen LogP contribution in [-0.2, 0) is 4.74 Å². The maximum absolute atomic E-state index is 14.8. The lowest BCUT2D eigenvalue weighted by Crippen LogP contribution is -2.20. The van der Waals surface area contributed by atoms with Crippen molar-refractivity contribution in [3.05, 3.63) is 59.8 Å². The Hall–Kier alpha value is -3.20. The second-order valence-corrected chi connectivity index (χ2v) is 9.54. The minimum absolute atomic E-state index is 0.0326. The van der Waals surface area contributed by atoms with Crippen LogP contribution in [0.15, 0.2) is 36.8 Å². The van der Waals surface area contributed by atoms with Crippen LogP contribution in [0, 0.1) is 11.6 Å². The standard InChI is InChI=1S/C25H26F2N6O/c1-14(2)33-25-20(12-29-33)23(19-6-3-17(26)10-21(19)27)30-24(31-25)15-7-8-34-22(9-15)16-11-28-32(13-16)18-4-5-18/h3,6,10-15,18,22H,4-5,7-9H2,1-2H3/t15-,22+/m1/s1. The lowest BCUT2D eigenvalue weighted by Gasteiger charge is -2.28. The zero-order chi connectivity index (χ0) is 23.4. The van der Waals surface area contributed by atoms with Crippen LogP contribution in [0.25, 0.3) is 22.3 Å². The Morgan fingerprint density at radius 2 is 1.91 bits per heavy atom. The number of ether oxygens (including phenoxy) is 1. The van der Waals surface area contributed by atoms with Crippen LogP contribution in [0.1, 0.15) is 75.0 Å². The Kier molecular flexibility index (Phi) is 5.17. The van der Waals surface area contributed by atoms with Gasteiger partial charge in [-0.25, -0.2) is 23.4 Å². The molecule has 2 atom stereocenters. The van der Waals surface area contributed by atoms with Gasteiger partial charge in [0.15, 0.2) is 5.65 Å². The molecule has 2 fully saturated rings. The minimum Gasteiger partial charge on any atom is -0.373 e. The maximum atomic E-state index is 14.8. The lowest BCUT2D eigenvalue weighted by molar-refractivity contribution is 0.00396. The van der Waals surface area contributed by atoms with Crippen molar-refractivity contribution in [3.63, 3.8) is 0 Å². The van der Waals surface area contributed by atoms with Gasteiger partial charge < -0.3 is 4.74 Å². The van der Waals surface area contributed by atoms with Crippen LogP contribution in [0.3, 0.4) is 0 Å².